The zero-order chi connectivity index (χ0) is 20.3. The van der Waals surface area contributed by atoms with Crippen molar-refractivity contribution in [2.45, 2.75) is 19.6 Å². The number of carbonyl (C=O) groups excluding carboxylic acids is 1. The van der Waals surface area contributed by atoms with Crippen LogP contribution in [0.25, 0.3) is 10.8 Å². The first kappa shape index (κ1) is 19.3. The van der Waals surface area contributed by atoms with Crippen LogP contribution >= 0.6 is 0 Å². The predicted molar refractivity (Wildman–Crippen MR) is 98.2 cm³/mol. The van der Waals surface area contributed by atoms with Gasteiger partial charge in [0.2, 0.25) is 0 Å². The summed E-state index contributed by atoms with van der Waals surface area (Å²) < 4.78 is 38.9. The molecule has 0 saturated heterocycles. The van der Waals surface area contributed by atoms with E-state index in [2.05, 4.69) is 15.6 Å². The van der Waals surface area contributed by atoms with Gasteiger partial charge in [0.05, 0.1) is 17.2 Å². The molecule has 0 aliphatic rings. The van der Waals surface area contributed by atoms with Gasteiger partial charge in [-0.05, 0) is 30.7 Å². The minimum atomic E-state index is -4.42. The molecule has 1 aromatic heterocycles. The molecule has 3 aromatic rings. The number of amides is 1. The first-order chi connectivity index (χ1) is 13.3. The number of rotatable bonds is 4. The molecule has 1 heterocycles. The summed E-state index contributed by atoms with van der Waals surface area (Å²) in [6.45, 7) is 2.02. The van der Waals surface area contributed by atoms with Crippen LogP contribution < -0.4 is 11.0 Å². The van der Waals surface area contributed by atoms with Crippen LogP contribution in [0.2, 0.25) is 0 Å². The summed E-state index contributed by atoms with van der Waals surface area (Å²) in [5.74, 6) is -0.637. The molecule has 0 saturated carbocycles. The number of aromatic nitrogens is 2. The van der Waals surface area contributed by atoms with E-state index in [0.717, 1.165) is 12.1 Å². The fraction of sp³-hybridized carbons (Fsp3) is 0.158. The normalized spacial score (nSPS) is 11.9. The zero-order valence-electron chi connectivity index (χ0n) is 14.7. The van der Waals surface area contributed by atoms with Gasteiger partial charge in [-0.3, -0.25) is 9.59 Å². The number of hydrogen-bond acceptors (Lipinski definition) is 4. The molecule has 1 amide bonds. The van der Waals surface area contributed by atoms with Gasteiger partial charge in [-0.2, -0.15) is 23.4 Å². The molecule has 0 aliphatic heterocycles. The molecular formula is C19H15F3N4O2. The van der Waals surface area contributed by atoms with Gasteiger partial charge in [0, 0.05) is 11.9 Å². The van der Waals surface area contributed by atoms with Crippen molar-refractivity contribution in [3.63, 3.8) is 0 Å². The predicted octanol–water partition coefficient (Wildman–Crippen LogP) is 3.20. The average Bonchev–Trinajstić information content (AvgIpc) is 2.68. The van der Waals surface area contributed by atoms with Crippen molar-refractivity contribution < 1.29 is 18.0 Å². The number of fused-ring (bicyclic) bond motifs is 1. The van der Waals surface area contributed by atoms with Crippen LogP contribution in [-0.4, -0.2) is 21.9 Å². The molecule has 2 aromatic carbocycles. The topological polar surface area (TPSA) is 76.3 Å². The molecule has 28 heavy (non-hydrogen) atoms. The third-order valence-corrected chi connectivity index (χ3v) is 4.00. The Hall–Kier alpha value is -3.49. The Morgan fingerprint density at radius 3 is 2.39 bits per heavy atom. The van der Waals surface area contributed by atoms with E-state index in [0.29, 0.717) is 22.9 Å². The molecule has 9 heteroatoms. The lowest BCUT2D eigenvalue weighted by molar-refractivity contribution is -0.137. The SMILES string of the molecule is CCn1nc(C(=O)N/N=C\c2ccc(C(F)(F)F)cc2)c2ccccc2c1=O. The van der Waals surface area contributed by atoms with Gasteiger partial charge in [0.25, 0.3) is 11.5 Å². The Morgan fingerprint density at radius 1 is 1.14 bits per heavy atom. The fourth-order valence-electron chi connectivity index (χ4n) is 2.59. The summed E-state index contributed by atoms with van der Waals surface area (Å²) in [4.78, 5) is 24.8. The second-order valence-electron chi connectivity index (χ2n) is 5.83. The molecule has 0 atom stereocenters. The van der Waals surface area contributed by atoms with E-state index in [1.54, 1.807) is 31.2 Å². The van der Waals surface area contributed by atoms with Crippen molar-refractivity contribution in [2.75, 3.05) is 0 Å². The number of alkyl halides is 3. The van der Waals surface area contributed by atoms with E-state index >= 15 is 0 Å². The number of nitrogens with zero attached hydrogens (tertiary/aromatic N) is 3. The maximum absolute atomic E-state index is 12.6. The van der Waals surface area contributed by atoms with E-state index in [1.807, 2.05) is 0 Å². The molecule has 0 fully saturated rings. The fourth-order valence-corrected chi connectivity index (χ4v) is 2.59. The minimum absolute atomic E-state index is 0.0293. The third kappa shape index (κ3) is 3.93. The Labute approximate surface area is 157 Å². The molecule has 0 bridgehead atoms. The smallest absolute Gasteiger partial charge is 0.267 e. The van der Waals surface area contributed by atoms with Crippen molar-refractivity contribution in [1.29, 1.82) is 0 Å². The lowest BCUT2D eigenvalue weighted by Crippen LogP contribution is -2.28. The standard InChI is InChI=1S/C19H15F3N4O2/c1-2-26-18(28)15-6-4-3-5-14(15)16(25-26)17(27)24-23-11-12-7-9-13(10-8-12)19(20,21)22/h3-11H,2H2,1H3,(H,24,27)/b23-11-. The lowest BCUT2D eigenvalue weighted by atomic mass is 10.1. The van der Waals surface area contributed by atoms with Crippen molar-refractivity contribution in [2.24, 2.45) is 5.10 Å². The van der Waals surface area contributed by atoms with Gasteiger partial charge in [0.1, 0.15) is 0 Å². The monoisotopic (exact) mass is 388 g/mol. The number of hydrazone groups is 1. The van der Waals surface area contributed by atoms with E-state index in [9.17, 15) is 22.8 Å². The van der Waals surface area contributed by atoms with Crippen molar-refractivity contribution >= 4 is 22.9 Å². The number of carbonyl (C=O) groups is 1. The highest BCUT2D eigenvalue weighted by molar-refractivity contribution is 6.04. The summed E-state index contributed by atoms with van der Waals surface area (Å²) >= 11 is 0. The highest BCUT2D eigenvalue weighted by Crippen LogP contribution is 2.28. The maximum atomic E-state index is 12.6. The van der Waals surface area contributed by atoms with Gasteiger partial charge in [0.15, 0.2) is 5.69 Å². The molecular weight excluding hydrogens is 373 g/mol. The summed E-state index contributed by atoms with van der Waals surface area (Å²) in [6, 6.07) is 10.9. The number of benzene rings is 2. The summed E-state index contributed by atoms with van der Waals surface area (Å²) in [6.07, 6.45) is -3.20. The van der Waals surface area contributed by atoms with Crippen LogP contribution in [-0.2, 0) is 12.7 Å². The second-order valence-corrected chi connectivity index (χ2v) is 5.83. The molecule has 3 rings (SSSR count). The first-order valence-corrected chi connectivity index (χ1v) is 8.31. The molecule has 144 valence electrons. The number of halogens is 3. The Balaban J connectivity index is 1.83. The van der Waals surface area contributed by atoms with Gasteiger partial charge >= 0.3 is 6.18 Å². The Bertz CT molecular complexity index is 1100. The largest absolute Gasteiger partial charge is 0.416 e. The summed E-state index contributed by atoms with van der Waals surface area (Å²) in [5, 5.41) is 8.58. The average molecular weight is 388 g/mol. The van der Waals surface area contributed by atoms with E-state index in [4.69, 9.17) is 0 Å². The van der Waals surface area contributed by atoms with E-state index in [1.165, 1.54) is 23.0 Å². The highest BCUT2D eigenvalue weighted by atomic mass is 19.4. The van der Waals surface area contributed by atoms with Crippen molar-refractivity contribution in [3.05, 3.63) is 75.7 Å². The minimum Gasteiger partial charge on any atom is -0.267 e. The van der Waals surface area contributed by atoms with Crippen LogP contribution in [0.1, 0.15) is 28.5 Å². The van der Waals surface area contributed by atoms with Gasteiger partial charge in [-0.1, -0.05) is 30.3 Å². The summed E-state index contributed by atoms with van der Waals surface area (Å²) in [7, 11) is 0. The van der Waals surface area contributed by atoms with E-state index in [-0.39, 0.29) is 11.3 Å². The van der Waals surface area contributed by atoms with Crippen LogP contribution in [0, 0.1) is 0 Å². The lowest BCUT2D eigenvalue weighted by Gasteiger charge is -2.08. The quantitative estimate of drug-likeness (QED) is 0.551. The van der Waals surface area contributed by atoms with Crippen LogP contribution in [0.4, 0.5) is 13.2 Å². The van der Waals surface area contributed by atoms with Gasteiger partial charge < -0.3 is 0 Å². The molecule has 1 N–H and O–H groups in total. The molecule has 6 nitrogen and oxygen atoms in total. The first-order valence-electron chi connectivity index (χ1n) is 8.31. The van der Waals surface area contributed by atoms with Gasteiger partial charge in [-0.15, -0.1) is 0 Å². The van der Waals surface area contributed by atoms with Gasteiger partial charge in [-0.25, -0.2) is 10.1 Å². The number of nitrogens with one attached hydrogen (secondary N) is 1. The summed E-state index contributed by atoms with van der Waals surface area (Å²) in [5.41, 5.74) is 1.62. The van der Waals surface area contributed by atoms with Crippen LogP contribution in [0.3, 0.4) is 0 Å². The third-order valence-electron chi connectivity index (χ3n) is 4.00. The van der Waals surface area contributed by atoms with Crippen molar-refractivity contribution in [3.8, 4) is 0 Å². The van der Waals surface area contributed by atoms with Crippen molar-refractivity contribution in [1.82, 2.24) is 15.2 Å². The molecule has 0 unspecified atom stereocenters. The van der Waals surface area contributed by atoms with E-state index < -0.39 is 17.6 Å². The zero-order valence-corrected chi connectivity index (χ0v) is 14.7. The number of hydrogen-bond donors (Lipinski definition) is 1. The highest BCUT2D eigenvalue weighted by Gasteiger charge is 2.29. The maximum Gasteiger partial charge on any atom is 0.416 e. The number of aryl methyl sites for hydroxylation is 1. The molecule has 0 aliphatic carbocycles. The van der Waals surface area contributed by atoms with Crippen LogP contribution in [0.5, 0.6) is 0 Å². The Morgan fingerprint density at radius 2 is 1.79 bits per heavy atom. The van der Waals surface area contributed by atoms with Crippen LogP contribution in [0.15, 0.2) is 58.4 Å². The molecule has 0 radical (unpaired) electrons. The molecule has 0 spiro atoms. The second kappa shape index (κ2) is 7.63. The Kier molecular flexibility index (Phi) is 5.25.